The molecular formula is C21H22N4O3. The Bertz CT molecular complexity index is 907. The van der Waals surface area contributed by atoms with Crippen molar-refractivity contribution in [1.29, 1.82) is 0 Å². The van der Waals surface area contributed by atoms with Crippen molar-refractivity contribution in [2.24, 2.45) is 5.41 Å². The summed E-state index contributed by atoms with van der Waals surface area (Å²) in [5.74, 6) is -0.621. The average molecular weight is 378 g/mol. The van der Waals surface area contributed by atoms with E-state index < -0.39 is 0 Å². The number of imide groups is 1. The molecule has 2 aliphatic rings. The minimum absolute atomic E-state index is 0.0266. The summed E-state index contributed by atoms with van der Waals surface area (Å²) in [6, 6.07) is 10.4. The smallest absolute Gasteiger partial charge is 0.318 e. The SMILES string of the molecule is CC1(C)CN(C(=O)NCCN2C(=O)c3ccccc3C2=O)C1c1ccncc1. The summed E-state index contributed by atoms with van der Waals surface area (Å²) < 4.78 is 0. The van der Waals surface area contributed by atoms with Crippen LogP contribution in [0, 0.1) is 5.41 Å². The van der Waals surface area contributed by atoms with Gasteiger partial charge in [0.05, 0.1) is 17.2 Å². The highest BCUT2D eigenvalue weighted by molar-refractivity contribution is 6.21. The van der Waals surface area contributed by atoms with E-state index in [-0.39, 0.29) is 42.4 Å². The first-order valence-electron chi connectivity index (χ1n) is 9.30. The van der Waals surface area contributed by atoms with Gasteiger partial charge in [-0.05, 0) is 29.8 Å². The van der Waals surface area contributed by atoms with Gasteiger partial charge in [-0.15, -0.1) is 0 Å². The maximum Gasteiger partial charge on any atom is 0.318 e. The third-order valence-corrected chi connectivity index (χ3v) is 5.40. The number of carbonyl (C=O) groups is 3. The molecule has 144 valence electrons. The number of nitrogens with zero attached hydrogens (tertiary/aromatic N) is 3. The first kappa shape index (κ1) is 18.2. The van der Waals surface area contributed by atoms with Gasteiger partial charge in [-0.2, -0.15) is 0 Å². The van der Waals surface area contributed by atoms with Crippen molar-refractivity contribution in [2.75, 3.05) is 19.6 Å². The van der Waals surface area contributed by atoms with Gasteiger partial charge in [-0.3, -0.25) is 19.5 Å². The molecule has 1 saturated heterocycles. The Balaban J connectivity index is 1.37. The lowest BCUT2D eigenvalue weighted by molar-refractivity contribution is -0.0165. The number of urea groups is 1. The maximum atomic E-state index is 12.7. The molecule has 7 heteroatoms. The molecule has 1 N–H and O–H groups in total. The van der Waals surface area contributed by atoms with E-state index in [4.69, 9.17) is 0 Å². The van der Waals surface area contributed by atoms with Crippen molar-refractivity contribution in [3.8, 4) is 0 Å². The summed E-state index contributed by atoms with van der Waals surface area (Å²) in [6.07, 6.45) is 3.45. The fourth-order valence-corrected chi connectivity index (χ4v) is 4.11. The summed E-state index contributed by atoms with van der Waals surface area (Å²) >= 11 is 0. The molecule has 4 rings (SSSR count). The summed E-state index contributed by atoms with van der Waals surface area (Å²) in [6.45, 7) is 5.25. The summed E-state index contributed by atoms with van der Waals surface area (Å²) in [7, 11) is 0. The van der Waals surface area contributed by atoms with Crippen molar-refractivity contribution >= 4 is 17.8 Å². The number of amides is 4. The van der Waals surface area contributed by atoms with Crippen LogP contribution < -0.4 is 5.32 Å². The molecular weight excluding hydrogens is 356 g/mol. The lowest BCUT2D eigenvalue weighted by atomic mass is 9.72. The number of fused-ring (bicyclic) bond motifs is 1. The van der Waals surface area contributed by atoms with E-state index in [2.05, 4.69) is 24.1 Å². The number of hydrogen-bond acceptors (Lipinski definition) is 4. The second-order valence-corrected chi connectivity index (χ2v) is 7.84. The van der Waals surface area contributed by atoms with Gasteiger partial charge >= 0.3 is 6.03 Å². The standard InChI is InChI=1S/C21H22N4O3/c1-21(2)13-25(17(21)14-7-9-22-10-8-14)20(28)23-11-12-24-18(26)15-5-3-4-6-16(15)19(24)27/h3-10,17H,11-13H2,1-2H3,(H,23,28). The molecule has 0 radical (unpaired) electrons. The van der Waals surface area contributed by atoms with Crippen LogP contribution in [0.2, 0.25) is 0 Å². The molecule has 2 aromatic rings. The lowest BCUT2D eigenvalue weighted by Crippen LogP contribution is -2.60. The molecule has 1 atom stereocenters. The minimum atomic E-state index is -0.311. The van der Waals surface area contributed by atoms with E-state index in [0.717, 1.165) is 5.56 Å². The number of benzene rings is 1. The molecule has 1 unspecified atom stereocenters. The van der Waals surface area contributed by atoms with Crippen LogP contribution in [-0.2, 0) is 0 Å². The van der Waals surface area contributed by atoms with Crippen LogP contribution in [0.4, 0.5) is 4.79 Å². The number of pyridine rings is 1. The zero-order chi connectivity index (χ0) is 19.9. The number of rotatable bonds is 4. The second-order valence-electron chi connectivity index (χ2n) is 7.84. The highest BCUT2D eigenvalue weighted by atomic mass is 16.2. The Morgan fingerprint density at radius 3 is 2.29 bits per heavy atom. The third-order valence-electron chi connectivity index (χ3n) is 5.40. The highest BCUT2D eigenvalue weighted by Gasteiger charge is 2.48. The van der Waals surface area contributed by atoms with Crippen LogP contribution in [-0.4, -0.2) is 52.3 Å². The zero-order valence-electron chi connectivity index (χ0n) is 15.9. The van der Waals surface area contributed by atoms with Crippen LogP contribution in [0.25, 0.3) is 0 Å². The number of hydrogen-bond donors (Lipinski definition) is 1. The minimum Gasteiger partial charge on any atom is -0.336 e. The molecule has 28 heavy (non-hydrogen) atoms. The Kier molecular flexibility index (Phi) is 4.37. The molecule has 1 aromatic carbocycles. The fourth-order valence-electron chi connectivity index (χ4n) is 4.11. The van der Waals surface area contributed by atoms with Crippen molar-refractivity contribution in [1.82, 2.24) is 20.1 Å². The third kappa shape index (κ3) is 2.93. The molecule has 7 nitrogen and oxygen atoms in total. The van der Waals surface area contributed by atoms with E-state index >= 15 is 0 Å². The van der Waals surface area contributed by atoms with Crippen LogP contribution in [0.15, 0.2) is 48.8 Å². The first-order chi connectivity index (χ1) is 13.4. The predicted molar refractivity (Wildman–Crippen MR) is 103 cm³/mol. The molecule has 1 fully saturated rings. The van der Waals surface area contributed by atoms with Crippen molar-refractivity contribution in [3.63, 3.8) is 0 Å². The molecule has 0 aliphatic carbocycles. The van der Waals surface area contributed by atoms with Crippen LogP contribution in [0.3, 0.4) is 0 Å². The number of aromatic nitrogens is 1. The topological polar surface area (TPSA) is 82.6 Å². The van der Waals surface area contributed by atoms with E-state index in [1.54, 1.807) is 41.6 Å². The van der Waals surface area contributed by atoms with Gasteiger partial charge in [0.2, 0.25) is 0 Å². The average Bonchev–Trinajstić information content (AvgIpc) is 2.92. The summed E-state index contributed by atoms with van der Waals surface area (Å²) in [5, 5.41) is 2.84. The molecule has 2 aliphatic heterocycles. The van der Waals surface area contributed by atoms with Crippen molar-refractivity contribution in [3.05, 3.63) is 65.5 Å². The molecule has 0 bridgehead atoms. The Labute approximate surface area is 163 Å². The van der Waals surface area contributed by atoms with Gasteiger partial charge in [0.15, 0.2) is 0 Å². The van der Waals surface area contributed by atoms with Gasteiger partial charge in [-0.1, -0.05) is 26.0 Å². The molecule has 0 spiro atoms. The van der Waals surface area contributed by atoms with Gasteiger partial charge in [0.25, 0.3) is 11.8 Å². The first-order valence-corrected chi connectivity index (χ1v) is 9.30. The number of nitrogens with one attached hydrogen (secondary N) is 1. The number of likely N-dealkylation sites (tertiary alicyclic amines) is 1. The Morgan fingerprint density at radius 1 is 1.11 bits per heavy atom. The maximum absolute atomic E-state index is 12.7. The van der Waals surface area contributed by atoms with Gasteiger partial charge in [0.1, 0.15) is 0 Å². The summed E-state index contributed by atoms with van der Waals surface area (Å²) in [4.78, 5) is 44.4. The molecule has 4 amide bonds. The van der Waals surface area contributed by atoms with Gasteiger partial charge < -0.3 is 10.2 Å². The second kappa shape index (κ2) is 6.74. The van der Waals surface area contributed by atoms with E-state index in [9.17, 15) is 14.4 Å². The van der Waals surface area contributed by atoms with E-state index in [1.807, 2.05) is 12.1 Å². The van der Waals surface area contributed by atoms with Gasteiger partial charge in [0, 0.05) is 37.4 Å². The van der Waals surface area contributed by atoms with Gasteiger partial charge in [-0.25, -0.2) is 4.79 Å². The van der Waals surface area contributed by atoms with E-state index in [0.29, 0.717) is 17.7 Å². The van der Waals surface area contributed by atoms with Crippen molar-refractivity contribution in [2.45, 2.75) is 19.9 Å². The Morgan fingerprint density at radius 2 is 1.71 bits per heavy atom. The zero-order valence-corrected chi connectivity index (χ0v) is 15.9. The van der Waals surface area contributed by atoms with Crippen LogP contribution in [0.5, 0.6) is 0 Å². The quantitative estimate of drug-likeness (QED) is 0.829. The lowest BCUT2D eigenvalue weighted by Gasteiger charge is -2.54. The van der Waals surface area contributed by atoms with Crippen molar-refractivity contribution < 1.29 is 14.4 Å². The summed E-state index contributed by atoms with van der Waals surface area (Å²) in [5.41, 5.74) is 1.85. The normalized spacial score (nSPS) is 20.0. The molecule has 1 aromatic heterocycles. The predicted octanol–water partition coefficient (Wildman–Crippen LogP) is 2.47. The largest absolute Gasteiger partial charge is 0.336 e. The number of carbonyl (C=O) groups excluding carboxylic acids is 3. The highest BCUT2D eigenvalue weighted by Crippen LogP contribution is 2.47. The molecule has 3 heterocycles. The van der Waals surface area contributed by atoms with Crippen LogP contribution >= 0.6 is 0 Å². The molecule has 0 saturated carbocycles. The fraction of sp³-hybridized carbons (Fsp3) is 0.333. The Hall–Kier alpha value is -3.22. The monoisotopic (exact) mass is 378 g/mol. The van der Waals surface area contributed by atoms with Crippen LogP contribution in [0.1, 0.15) is 46.2 Å². The van der Waals surface area contributed by atoms with E-state index in [1.165, 1.54) is 4.90 Å².